The Bertz CT molecular complexity index is 788. The second-order valence-corrected chi connectivity index (χ2v) is 6.70. The van der Waals surface area contributed by atoms with Gasteiger partial charge in [-0.05, 0) is 43.9 Å². The van der Waals surface area contributed by atoms with Crippen molar-refractivity contribution >= 4 is 5.91 Å². The third-order valence-electron chi connectivity index (χ3n) is 4.56. The Morgan fingerprint density at radius 2 is 2.00 bits per heavy atom. The second-order valence-electron chi connectivity index (χ2n) is 6.70. The molecule has 0 N–H and O–H groups in total. The summed E-state index contributed by atoms with van der Waals surface area (Å²) < 4.78 is 42.1. The predicted octanol–water partition coefficient (Wildman–Crippen LogP) is 2.95. The number of hydrogen-bond donors (Lipinski definition) is 0. The fourth-order valence-corrected chi connectivity index (χ4v) is 3.39. The summed E-state index contributed by atoms with van der Waals surface area (Å²) in [4.78, 5) is 14.5. The Balaban J connectivity index is 1.74. The largest absolute Gasteiger partial charge is 0.573 e. The fraction of sp³-hybridized carbons (Fsp3) is 0.471. The Labute approximate surface area is 148 Å². The van der Waals surface area contributed by atoms with Crippen molar-refractivity contribution in [3.63, 3.8) is 0 Å². The van der Waals surface area contributed by atoms with Gasteiger partial charge in [0.15, 0.2) is 5.69 Å². The van der Waals surface area contributed by atoms with Gasteiger partial charge in [0.25, 0.3) is 5.91 Å². The van der Waals surface area contributed by atoms with Crippen LogP contribution in [0.3, 0.4) is 0 Å². The molecule has 2 heterocycles. The lowest BCUT2D eigenvalue weighted by Crippen LogP contribution is -2.46. The van der Waals surface area contributed by atoms with Gasteiger partial charge in [0.1, 0.15) is 5.75 Å². The Morgan fingerprint density at radius 3 is 2.58 bits per heavy atom. The molecule has 0 radical (unpaired) electrons. The Morgan fingerprint density at radius 1 is 1.31 bits per heavy atom. The molecule has 0 spiro atoms. The van der Waals surface area contributed by atoms with Gasteiger partial charge in [0, 0.05) is 19.1 Å². The van der Waals surface area contributed by atoms with Crippen molar-refractivity contribution in [3.05, 3.63) is 41.7 Å². The van der Waals surface area contributed by atoms with Crippen molar-refractivity contribution in [1.82, 2.24) is 19.9 Å². The smallest absolute Gasteiger partial charge is 0.406 e. The summed E-state index contributed by atoms with van der Waals surface area (Å²) in [5, 5.41) is 7.67. The van der Waals surface area contributed by atoms with Crippen LogP contribution in [0.5, 0.6) is 5.75 Å². The van der Waals surface area contributed by atoms with Gasteiger partial charge in [-0.1, -0.05) is 17.3 Å². The minimum absolute atomic E-state index is 0.185. The van der Waals surface area contributed by atoms with Crippen molar-refractivity contribution < 1.29 is 22.7 Å². The molecule has 1 atom stereocenters. The molecule has 2 aromatic rings. The number of rotatable bonds is 4. The predicted molar refractivity (Wildman–Crippen MR) is 86.5 cm³/mol. The van der Waals surface area contributed by atoms with Crippen molar-refractivity contribution in [1.29, 1.82) is 0 Å². The molecule has 1 unspecified atom stereocenters. The zero-order valence-electron chi connectivity index (χ0n) is 14.5. The van der Waals surface area contributed by atoms with Crippen molar-refractivity contribution in [2.24, 2.45) is 7.05 Å². The first-order chi connectivity index (χ1) is 12.2. The molecule has 140 valence electrons. The molecule has 3 rings (SSSR count). The summed E-state index contributed by atoms with van der Waals surface area (Å²) >= 11 is 0. The molecule has 1 saturated heterocycles. The molecule has 1 fully saturated rings. The molecule has 0 bridgehead atoms. The third kappa shape index (κ3) is 3.97. The molecule has 26 heavy (non-hydrogen) atoms. The van der Waals surface area contributed by atoms with Gasteiger partial charge in [0.05, 0.1) is 6.20 Å². The summed E-state index contributed by atoms with van der Waals surface area (Å²) in [5.74, 6) is -0.444. The molecule has 0 aliphatic carbocycles. The number of hydrogen-bond acceptors (Lipinski definition) is 4. The van der Waals surface area contributed by atoms with Gasteiger partial charge in [-0.3, -0.25) is 9.48 Å². The van der Waals surface area contributed by atoms with E-state index in [0.717, 1.165) is 18.4 Å². The first-order valence-corrected chi connectivity index (χ1v) is 8.19. The molecule has 1 amide bonds. The van der Waals surface area contributed by atoms with Crippen LogP contribution in [0.4, 0.5) is 13.2 Å². The van der Waals surface area contributed by atoms with E-state index in [1.807, 2.05) is 6.92 Å². The standard InChI is InChI=1S/C17H19F3N4O2/c1-16(10-12-4-6-13(7-5-12)26-17(18,19)20)8-3-9-24(16)15(25)14-11-23(2)22-21-14/h4-7,11H,3,8-10H2,1-2H3. The molecular weight excluding hydrogens is 349 g/mol. The molecule has 9 heteroatoms. The first kappa shape index (κ1) is 18.2. The van der Waals surface area contributed by atoms with Gasteiger partial charge in [-0.25, -0.2) is 0 Å². The number of ether oxygens (including phenoxy) is 1. The van der Waals surface area contributed by atoms with E-state index in [1.54, 1.807) is 30.3 Å². The van der Waals surface area contributed by atoms with Crippen LogP contribution in [0.1, 0.15) is 35.8 Å². The van der Waals surface area contributed by atoms with E-state index >= 15 is 0 Å². The molecule has 1 aromatic heterocycles. The summed E-state index contributed by atoms with van der Waals surface area (Å²) in [5.41, 5.74) is 0.691. The molecule has 0 saturated carbocycles. The first-order valence-electron chi connectivity index (χ1n) is 8.19. The average molecular weight is 368 g/mol. The zero-order chi connectivity index (χ0) is 18.9. The van der Waals surface area contributed by atoms with Crippen molar-refractivity contribution in [2.45, 2.75) is 38.1 Å². The topological polar surface area (TPSA) is 60.2 Å². The number of alkyl halides is 3. The lowest BCUT2D eigenvalue weighted by atomic mass is 9.90. The van der Waals surface area contributed by atoms with E-state index in [2.05, 4.69) is 15.0 Å². The van der Waals surface area contributed by atoms with E-state index in [0.29, 0.717) is 13.0 Å². The van der Waals surface area contributed by atoms with E-state index in [-0.39, 0.29) is 17.4 Å². The SMILES string of the molecule is Cn1cc(C(=O)N2CCCC2(C)Cc2ccc(OC(F)(F)F)cc2)nn1. The van der Waals surface area contributed by atoms with Crippen LogP contribution in [0.25, 0.3) is 0 Å². The van der Waals surface area contributed by atoms with Gasteiger partial charge < -0.3 is 9.64 Å². The molecule has 1 aliphatic heterocycles. The van der Waals surface area contributed by atoms with Gasteiger partial charge in [0.2, 0.25) is 0 Å². The highest BCUT2D eigenvalue weighted by Crippen LogP contribution is 2.34. The highest BCUT2D eigenvalue weighted by Gasteiger charge is 2.40. The van der Waals surface area contributed by atoms with Gasteiger partial charge in [-0.15, -0.1) is 18.3 Å². The van der Waals surface area contributed by atoms with Crippen molar-refractivity contribution in [3.8, 4) is 5.75 Å². The number of carbonyl (C=O) groups excluding carboxylic acids is 1. The van der Waals surface area contributed by atoms with Crippen LogP contribution in [-0.2, 0) is 13.5 Å². The molecule has 1 aliphatic rings. The number of nitrogens with zero attached hydrogens (tertiary/aromatic N) is 4. The van der Waals surface area contributed by atoms with Crippen LogP contribution >= 0.6 is 0 Å². The van der Waals surface area contributed by atoms with Gasteiger partial charge >= 0.3 is 6.36 Å². The summed E-state index contributed by atoms with van der Waals surface area (Å²) in [7, 11) is 1.69. The van der Waals surface area contributed by atoms with E-state index in [9.17, 15) is 18.0 Å². The number of benzene rings is 1. The number of aromatic nitrogens is 3. The maximum Gasteiger partial charge on any atom is 0.573 e. The zero-order valence-corrected chi connectivity index (χ0v) is 14.5. The summed E-state index contributed by atoms with van der Waals surface area (Å²) in [6, 6.07) is 5.76. The number of aryl methyl sites for hydroxylation is 1. The fourth-order valence-electron chi connectivity index (χ4n) is 3.39. The van der Waals surface area contributed by atoms with Crippen LogP contribution in [0, 0.1) is 0 Å². The Hall–Kier alpha value is -2.58. The summed E-state index contributed by atoms with van der Waals surface area (Å²) in [6.45, 7) is 2.59. The minimum Gasteiger partial charge on any atom is -0.406 e. The normalized spacial score (nSPS) is 20.4. The average Bonchev–Trinajstić information content (AvgIpc) is 3.13. The lowest BCUT2D eigenvalue weighted by molar-refractivity contribution is -0.274. The maximum atomic E-state index is 12.7. The quantitative estimate of drug-likeness (QED) is 0.833. The summed E-state index contributed by atoms with van der Waals surface area (Å²) in [6.07, 6.45) is -0.938. The van der Waals surface area contributed by atoms with Crippen LogP contribution in [-0.4, -0.2) is 44.2 Å². The molecular formula is C17H19F3N4O2. The number of halogens is 3. The lowest BCUT2D eigenvalue weighted by Gasteiger charge is -2.35. The highest BCUT2D eigenvalue weighted by molar-refractivity contribution is 5.92. The number of carbonyl (C=O) groups is 1. The monoisotopic (exact) mass is 368 g/mol. The van der Waals surface area contributed by atoms with E-state index < -0.39 is 11.9 Å². The number of amides is 1. The van der Waals surface area contributed by atoms with Crippen LogP contribution in [0.15, 0.2) is 30.5 Å². The van der Waals surface area contributed by atoms with Crippen LogP contribution < -0.4 is 4.74 Å². The highest BCUT2D eigenvalue weighted by atomic mass is 19.4. The Kier molecular flexibility index (Phi) is 4.64. The third-order valence-corrected chi connectivity index (χ3v) is 4.56. The van der Waals surface area contributed by atoms with Crippen molar-refractivity contribution in [2.75, 3.05) is 6.54 Å². The second kappa shape index (κ2) is 6.62. The van der Waals surface area contributed by atoms with Gasteiger partial charge in [-0.2, -0.15) is 0 Å². The molecule has 6 nitrogen and oxygen atoms in total. The van der Waals surface area contributed by atoms with E-state index in [4.69, 9.17) is 0 Å². The van der Waals surface area contributed by atoms with Crippen LogP contribution in [0.2, 0.25) is 0 Å². The minimum atomic E-state index is -4.71. The maximum absolute atomic E-state index is 12.7. The number of likely N-dealkylation sites (tertiary alicyclic amines) is 1. The van der Waals surface area contributed by atoms with E-state index in [1.165, 1.54) is 16.8 Å². The molecule has 1 aromatic carbocycles.